The van der Waals surface area contributed by atoms with E-state index < -0.39 is 0 Å². The van der Waals surface area contributed by atoms with Crippen molar-refractivity contribution in [1.82, 2.24) is 14.5 Å². The Kier molecular flexibility index (Phi) is 7.17. The Balaban J connectivity index is 1.58. The van der Waals surface area contributed by atoms with Crippen molar-refractivity contribution in [3.8, 4) is 6.07 Å². The zero-order valence-corrected chi connectivity index (χ0v) is 21.8. The number of rotatable bonds is 5. The number of piperazine rings is 1. The summed E-state index contributed by atoms with van der Waals surface area (Å²) in [6.07, 6.45) is 0. The van der Waals surface area contributed by atoms with Crippen molar-refractivity contribution in [3.63, 3.8) is 0 Å². The van der Waals surface area contributed by atoms with Crippen molar-refractivity contribution in [3.05, 3.63) is 105 Å². The van der Waals surface area contributed by atoms with Gasteiger partial charge in [0.25, 0.3) is 5.56 Å². The van der Waals surface area contributed by atoms with Crippen LogP contribution in [-0.2, 0) is 7.05 Å². The van der Waals surface area contributed by atoms with Gasteiger partial charge in [-0.3, -0.25) is 9.69 Å². The highest BCUT2D eigenvalue weighted by molar-refractivity contribution is 6.30. The molecule has 3 heterocycles. The zero-order valence-electron chi connectivity index (χ0n) is 21.1. The Hall–Kier alpha value is -3.77. The maximum atomic E-state index is 13.8. The van der Waals surface area contributed by atoms with Crippen LogP contribution < -0.4 is 10.5 Å². The standard InChI is InChI=1S/C29H27ClFN5O2/c1-18-15-36(29(19-3-7-21(30)8-4-19)20-5-9-22(31)10-6-20)24(17-37)16-35(18)26-13-27(38)34(2)25-12-11-23(14-32)33-28(25)26/h3-13,18,24,29,37H,15-17H2,1-2H3/t18-,24-,29?/m1/s1. The second-order valence-corrected chi connectivity index (χ2v) is 10.1. The molecule has 1 N–H and O–H groups in total. The normalized spacial score (nSPS) is 18.9. The molecule has 1 aliphatic heterocycles. The van der Waals surface area contributed by atoms with Crippen LogP contribution >= 0.6 is 11.6 Å². The quantitative estimate of drug-likeness (QED) is 0.414. The minimum atomic E-state index is -0.317. The third-order valence-electron chi connectivity index (χ3n) is 7.29. The Morgan fingerprint density at radius 2 is 1.76 bits per heavy atom. The van der Waals surface area contributed by atoms with E-state index in [9.17, 15) is 19.6 Å². The van der Waals surface area contributed by atoms with Crippen molar-refractivity contribution < 1.29 is 9.50 Å². The van der Waals surface area contributed by atoms with Gasteiger partial charge in [0, 0.05) is 37.3 Å². The van der Waals surface area contributed by atoms with Crippen molar-refractivity contribution in [1.29, 1.82) is 5.26 Å². The van der Waals surface area contributed by atoms with Crippen LogP contribution in [0, 0.1) is 17.1 Å². The topological polar surface area (TPSA) is 85.4 Å². The summed E-state index contributed by atoms with van der Waals surface area (Å²) in [7, 11) is 1.68. The lowest BCUT2D eigenvalue weighted by Gasteiger charge is -2.49. The summed E-state index contributed by atoms with van der Waals surface area (Å²) in [6, 6.07) is 20.3. The molecule has 3 atom stereocenters. The third kappa shape index (κ3) is 4.76. The molecule has 0 bridgehead atoms. The highest BCUT2D eigenvalue weighted by atomic mass is 35.5. The van der Waals surface area contributed by atoms with Gasteiger partial charge in [-0.1, -0.05) is 35.9 Å². The molecule has 0 aliphatic carbocycles. The lowest BCUT2D eigenvalue weighted by molar-refractivity contribution is 0.0727. The summed E-state index contributed by atoms with van der Waals surface area (Å²) in [5.41, 5.74) is 3.78. The molecule has 5 rings (SSSR count). The molecule has 38 heavy (non-hydrogen) atoms. The van der Waals surface area contributed by atoms with Gasteiger partial charge < -0.3 is 14.6 Å². The summed E-state index contributed by atoms with van der Waals surface area (Å²) in [4.78, 5) is 21.7. The fourth-order valence-corrected chi connectivity index (χ4v) is 5.46. The van der Waals surface area contributed by atoms with Crippen LogP contribution in [0.5, 0.6) is 0 Å². The average molecular weight is 532 g/mol. The highest BCUT2D eigenvalue weighted by Gasteiger charge is 2.37. The third-order valence-corrected chi connectivity index (χ3v) is 7.54. The van der Waals surface area contributed by atoms with Gasteiger partial charge in [0.2, 0.25) is 0 Å². The first-order valence-electron chi connectivity index (χ1n) is 12.4. The van der Waals surface area contributed by atoms with Gasteiger partial charge >= 0.3 is 0 Å². The summed E-state index contributed by atoms with van der Waals surface area (Å²) < 4.78 is 15.3. The van der Waals surface area contributed by atoms with Gasteiger partial charge in [-0.15, -0.1) is 0 Å². The first-order valence-corrected chi connectivity index (χ1v) is 12.7. The minimum Gasteiger partial charge on any atom is -0.395 e. The second kappa shape index (κ2) is 10.5. The number of nitrogens with zero attached hydrogens (tertiary/aromatic N) is 5. The second-order valence-electron chi connectivity index (χ2n) is 9.64. The van der Waals surface area contributed by atoms with Gasteiger partial charge in [0.1, 0.15) is 23.1 Å². The predicted octanol–water partition coefficient (Wildman–Crippen LogP) is 4.26. The Bertz CT molecular complexity index is 1520. The van der Waals surface area contributed by atoms with E-state index >= 15 is 0 Å². The maximum Gasteiger partial charge on any atom is 0.252 e. The molecule has 0 saturated carbocycles. The number of benzene rings is 2. The first kappa shape index (κ1) is 25.9. The van der Waals surface area contributed by atoms with Crippen molar-refractivity contribution in [2.45, 2.75) is 25.0 Å². The van der Waals surface area contributed by atoms with Gasteiger partial charge in [-0.05, 0) is 54.4 Å². The monoisotopic (exact) mass is 531 g/mol. The number of aliphatic hydroxyl groups excluding tert-OH is 1. The number of halogens is 2. The molecule has 2 aromatic heterocycles. The Morgan fingerprint density at radius 1 is 1.11 bits per heavy atom. The molecule has 0 spiro atoms. The summed E-state index contributed by atoms with van der Waals surface area (Å²) in [6.45, 7) is 2.89. The first-order chi connectivity index (χ1) is 18.3. The van der Waals surface area contributed by atoms with Crippen LogP contribution in [0.3, 0.4) is 0 Å². The number of anilines is 1. The molecule has 1 aliphatic rings. The average Bonchev–Trinajstić information content (AvgIpc) is 2.93. The van der Waals surface area contributed by atoms with E-state index in [0.29, 0.717) is 34.8 Å². The van der Waals surface area contributed by atoms with E-state index in [4.69, 9.17) is 11.6 Å². The van der Waals surface area contributed by atoms with Gasteiger partial charge in [0.05, 0.1) is 29.9 Å². The van der Waals surface area contributed by atoms with Crippen LogP contribution in [0.2, 0.25) is 5.02 Å². The molecule has 194 valence electrons. The molecule has 1 saturated heterocycles. The van der Waals surface area contributed by atoms with Crippen molar-refractivity contribution in [2.24, 2.45) is 7.05 Å². The number of fused-ring (bicyclic) bond motifs is 1. The highest BCUT2D eigenvalue weighted by Crippen LogP contribution is 2.36. The maximum absolute atomic E-state index is 13.8. The number of aromatic nitrogens is 2. The number of aryl methyl sites for hydroxylation is 1. The minimum absolute atomic E-state index is 0.0732. The lowest BCUT2D eigenvalue weighted by Crippen LogP contribution is -2.60. The summed E-state index contributed by atoms with van der Waals surface area (Å²) in [5.74, 6) is -0.317. The van der Waals surface area contributed by atoms with Gasteiger partial charge in [0.15, 0.2) is 0 Å². The van der Waals surface area contributed by atoms with Crippen LogP contribution in [0.1, 0.15) is 29.8 Å². The molecule has 0 radical (unpaired) electrons. The van der Waals surface area contributed by atoms with Crippen LogP contribution in [-0.4, -0.2) is 51.3 Å². The molecular weight excluding hydrogens is 505 g/mol. The molecule has 1 fully saturated rings. The van der Waals surface area contributed by atoms with Crippen molar-refractivity contribution in [2.75, 3.05) is 24.6 Å². The molecular formula is C29H27ClFN5O2. The molecule has 2 aromatic carbocycles. The van der Waals surface area contributed by atoms with E-state index in [0.717, 1.165) is 11.1 Å². The predicted molar refractivity (Wildman–Crippen MR) is 146 cm³/mol. The number of nitriles is 1. The van der Waals surface area contributed by atoms with Crippen LogP contribution in [0.25, 0.3) is 11.0 Å². The van der Waals surface area contributed by atoms with Crippen molar-refractivity contribution >= 4 is 28.3 Å². The van der Waals surface area contributed by atoms with Crippen LogP contribution in [0.15, 0.2) is 71.5 Å². The van der Waals surface area contributed by atoms with Gasteiger partial charge in [-0.2, -0.15) is 5.26 Å². The molecule has 4 aromatic rings. The lowest BCUT2D eigenvalue weighted by atomic mass is 9.93. The number of hydrogen-bond acceptors (Lipinski definition) is 6. The largest absolute Gasteiger partial charge is 0.395 e. The summed E-state index contributed by atoms with van der Waals surface area (Å²) >= 11 is 6.17. The van der Waals surface area contributed by atoms with E-state index in [1.54, 1.807) is 37.4 Å². The SMILES string of the molecule is C[C@@H]1CN(C(c2ccc(F)cc2)c2ccc(Cl)cc2)[C@@H](CO)CN1c1cc(=O)n(C)c2ccc(C#N)nc12. The van der Waals surface area contributed by atoms with E-state index in [2.05, 4.69) is 27.8 Å². The Labute approximate surface area is 224 Å². The molecule has 9 heteroatoms. The molecule has 7 nitrogen and oxygen atoms in total. The fraction of sp³-hybridized carbons (Fsp3) is 0.276. The summed E-state index contributed by atoms with van der Waals surface area (Å²) in [5, 5.41) is 20.6. The Morgan fingerprint density at radius 3 is 2.39 bits per heavy atom. The molecule has 1 unspecified atom stereocenters. The van der Waals surface area contributed by atoms with Crippen LogP contribution in [0.4, 0.5) is 10.1 Å². The fourth-order valence-electron chi connectivity index (χ4n) is 5.34. The smallest absolute Gasteiger partial charge is 0.252 e. The van der Waals surface area contributed by atoms with E-state index in [1.807, 2.05) is 24.3 Å². The van der Waals surface area contributed by atoms with Gasteiger partial charge in [-0.25, -0.2) is 9.37 Å². The van der Waals surface area contributed by atoms with E-state index in [-0.39, 0.29) is 41.8 Å². The number of aliphatic hydroxyl groups is 1. The number of hydrogen-bond donors (Lipinski definition) is 1. The number of pyridine rings is 2. The van der Waals surface area contributed by atoms with E-state index in [1.165, 1.54) is 16.7 Å². The molecule has 0 amide bonds. The zero-order chi connectivity index (χ0) is 27.0.